The summed E-state index contributed by atoms with van der Waals surface area (Å²) in [6.07, 6.45) is 3.32. The zero-order valence-corrected chi connectivity index (χ0v) is 19.0. The monoisotopic (exact) mass is 520 g/mol. The first-order chi connectivity index (χ1) is 14.5. The van der Waals surface area contributed by atoms with Gasteiger partial charge in [-0.1, -0.05) is 12.1 Å². The molecule has 0 radical (unpaired) electrons. The maximum Gasteiger partial charge on any atom is 0.292 e. The average molecular weight is 520 g/mol. The molecule has 1 amide bonds. The van der Waals surface area contributed by atoms with E-state index in [1.54, 1.807) is 6.07 Å². The summed E-state index contributed by atoms with van der Waals surface area (Å²) in [5, 5.41) is 11.6. The lowest BCUT2D eigenvalue weighted by molar-refractivity contribution is -0.384. The molecule has 0 bridgehead atoms. The first-order valence-electron chi connectivity index (χ1n) is 10.4. The van der Waals surface area contributed by atoms with Gasteiger partial charge in [0, 0.05) is 54.6 Å². The van der Waals surface area contributed by atoms with E-state index in [4.69, 9.17) is 0 Å². The van der Waals surface area contributed by atoms with Crippen molar-refractivity contribution in [2.75, 3.05) is 49.1 Å². The molecule has 158 valence electrons. The number of piperidine rings is 1. The number of halogens is 1. The maximum atomic E-state index is 12.9. The Kier molecular flexibility index (Phi) is 6.40. The third kappa shape index (κ3) is 4.38. The molecule has 2 aliphatic rings. The van der Waals surface area contributed by atoms with Crippen molar-refractivity contribution >= 4 is 45.6 Å². The van der Waals surface area contributed by atoms with E-state index in [2.05, 4.69) is 32.4 Å². The fraction of sp³-hybridized carbons (Fsp3) is 0.409. The molecule has 0 aliphatic carbocycles. The Bertz CT molecular complexity index is 938. The lowest BCUT2D eigenvalue weighted by atomic mass is 10.1. The van der Waals surface area contributed by atoms with Crippen molar-refractivity contribution in [2.24, 2.45) is 0 Å². The second-order valence-electron chi connectivity index (χ2n) is 7.74. The van der Waals surface area contributed by atoms with Crippen molar-refractivity contribution in [3.63, 3.8) is 0 Å². The van der Waals surface area contributed by atoms with Gasteiger partial charge in [0.2, 0.25) is 0 Å². The standard InChI is InChI=1S/C22H25IN4O3/c23-19-7-3-2-6-18(19)22(28)26-14-12-24(13-15-26)17-8-9-20(27(29)30)21(16-17)25-10-4-1-5-11-25/h2-3,6-9,16H,1,4-5,10-15H2. The predicted octanol–water partition coefficient (Wildman–Crippen LogP) is 4.15. The zero-order chi connectivity index (χ0) is 21.1. The van der Waals surface area contributed by atoms with Crippen molar-refractivity contribution < 1.29 is 9.72 Å². The highest BCUT2D eigenvalue weighted by Gasteiger charge is 2.26. The van der Waals surface area contributed by atoms with E-state index in [0.29, 0.717) is 26.2 Å². The van der Waals surface area contributed by atoms with Gasteiger partial charge in [-0.2, -0.15) is 0 Å². The van der Waals surface area contributed by atoms with Gasteiger partial charge in [-0.15, -0.1) is 0 Å². The summed E-state index contributed by atoms with van der Waals surface area (Å²) in [5.41, 5.74) is 2.62. The fourth-order valence-electron chi connectivity index (χ4n) is 4.22. The van der Waals surface area contributed by atoms with Crippen molar-refractivity contribution in [2.45, 2.75) is 19.3 Å². The SMILES string of the molecule is O=C(c1ccccc1I)N1CCN(c2ccc([N+](=O)[O-])c(N3CCCCC3)c2)CC1. The molecule has 2 saturated heterocycles. The number of nitro groups is 1. The number of piperazine rings is 1. The lowest BCUT2D eigenvalue weighted by Gasteiger charge is -2.37. The Morgan fingerprint density at radius 1 is 0.900 bits per heavy atom. The van der Waals surface area contributed by atoms with Gasteiger partial charge in [0.05, 0.1) is 10.5 Å². The minimum Gasteiger partial charge on any atom is -0.368 e. The van der Waals surface area contributed by atoms with Gasteiger partial charge in [-0.25, -0.2) is 0 Å². The summed E-state index contributed by atoms with van der Waals surface area (Å²) in [7, 11) is 0. The van der Waals surface area contributed by atoms with Crippen LogP contribution in [-0.2, 0) is 0 Å². The van der Waals surface area contributed by atoms with E-state index in [9.17, 15) is 14.9 Å². The van der Waals surface area contributed by atoms with Crippen LogP contribution < -0.4 is 9.80 Å². The molecule has 0 saturated carbocycles. The molecule has 0 N–H and O–H groups in total. The molecule has 8 heteroatoms. The second-order valence-corrected chi connectivity index (χ2v) is 8.90. The number of carbonyl (C=O) groups is 1. The summed E-state index contributed by atoms with van der Waals surface area (Å²) < 4.78 is 0.962. The van der Waals surface area contributed by atoms with Crippen LogP contribution in [0.5, 0.6) is 0 Å². The highest BCUT2D eigenvalue weighted by atomic mass is 127. The number of benzene rings is 2. The molecule has 0 atom stereocenters. The smallest absolute Gasteiger partial charge is 0.292 e. The highest BCUT2D eigenvalue weighted by molar-refractivity contribution is 14.1. The molecular weight excluding hydrogens is 495 g/mol. The molecule has 7 nitrogen and oxygen atoms in total. The first kappa shape index (κ1) is 20.9. The summed E-state index contributed by atoms with van der Waals surface area (Å²) in [6, 6.07) is 13.1. The van der Waals surface area contributed by atoms with Crippen LogP contribution in [0.25, 0.3) is 0 Å². The molecule has 2 heterocycles. The Hall–Kier alpha value is -2.36. The van der Waals surface area contributed by atoms with E-state index in [1.807, 2.05) is 41.3 Å². The number of anilines is 2. The average Bonchev–Trinajstić information content (AvgIpc) is 2.79. The Morgan fingerprint density at radius 2 is 1.60 bits per heavy atom. The van der Waals surface area contributed by atoms with Gasteiger partial charge in [0.1, 0.15) is 5.69 Å². The summed E-state index contributed by atoms with van der Waals surface area (Å²) in [4.78, 5) is 30.4. The molecular formula is C22H25IN4O3. The highest BCUT2D eigenvalue weighted by Crippen LogP contribution is 2.34. The van der Waals surface area contributed by atoms with Gasteiger partial charge in [0.25, 0.3) is 11.6 Å². The van der Waals surface area contributed by atoms with Crippen molar-refractivity contribution in [1.82, 2.24) is 4.90 Å². The Labute approximate surface area is 189 Å². The topological polar surface area (TPSA) is 69.9 Å². The molecule has 2 aromatic carbocycles. The van der Waals surface area contributed by atoms with Crippen LogP contribution in [-0.4, -0.2) is 55.0 Å². The van der Waals surface area contributed by atoms with Crippen LogP contribution in [0.2, 0.25) is 0 Å². The quantitative estimate of drug-likeness (QED) is 0.344. The van der Waals surface area contributed by atoms with E-state index < -0.39 is 0 Å². The molecule has 4 rings (SSSR count). The van der Waals surface area contributed by atoms with Crippen LogP contribution in [0.4, 0.5) is 17.1 Å². The summed E-state index contributed by atoms with van der Waals surface area (Å²) in [5.74, 6) is 0.0670. The number of hydrogen-bond donors (Lipinski definition) is 0. The van der Waals surface area contributed by atoms with Crippen LogP contribution in [0.1, 0.15) is 29.6 Å². The molecule has 2 aromatic rings. The number of hydrogen-bond acceptors (Lipinski definition) is 5. The Balaban J connectivity index is 1.48. The number of nitrogens with zero attached hydrogens (tertiary/aromatic N) is 4. The van der Waals surface area contributed by atoms with E-state index in [0.717, 1.165) is 46.4 Å². The molecule has 30 heavy (non-hydrogen) atoms. The van der Waals surface area contributed by atoms with E-state index in [-0.39, 0.29) is 16.5 Å². The van der Waals surface area contributed by atoms with Gasteiger partial charge >= 0.3 is 0 Å². The van der Waals surface area contributed by atoms with Crippen LogP contribution >= 0.6 is 22.6 Å². The largest absolute Gasteiger partial charge is 0.368 e. The van der Waals surface area contributed by atoms with Gasteiger partial charge in [-0.05, 0) is 66.1 Å². The number of carbonyl (C=O) groups excluding carboxylic acids is 1. The van der Waals surface area contributed by atoms with Crippen molar-refractivity contribution in [3.8, 4) is 0 Å². The van der Waals surface area contributed by atoms with Crippen LogP contribution in [0.3, 0.4) is 0 Å². The molecule has 2 aliphatic heterocycles. The summed E-state index contributed by atoms with van der Waals surface area (Å²) >= 11 is 2.20. The minimum absolute atomic E-state index is 0.0670. The summed E-state index contributed by atoms with van der Waals surface area (Å²) in [6.45, 7) is 4.43. The number of nitro benzene ring substituents is 1. The molecule has 0 unspecified atom stereocenters. The second kappa shape index (κ2) is 9.20. The number of amides is 1. The third-order valence-electron chi connectivity index (χ3n) is 5.89. The fourth-order valence-corrected chi connectivity index (χ4v) is 4.84. The maximum absolute atomic E-state index is 12.9. The molecule has 2 fully saturated rings. The van der Waals surface area contributed by atoms with Gasteiger partial charge in [0.15, 0.2) is 0 Å². The Morgan fingerprint density at radius 3 is 2.27 bits per heavy atom. The van der Waals surface area contributed by atoms with Crippen molar-refractivity contribution in [3.05, 3.63) is 61.7 Å². The van der Waals surface area contributed by atoms with Crippen LogP contribution in [0.15, 0.2) is 42.5 Å². The number of rotatable bonds is 4. The lowest BCUT2D eigenvalue weighted by Crippen LogP contribution is -2.49. The normalized spacial score (nSPS) is 17.2. The predicted molar refractivity (Wildman–Crippen MR) is 126 cm³/mol. The zero-order valence-electron chi connectivity index (χ0n) is 16.8. The van der Waals surface area contributed by atoms with E-state index >= 15 is 0 Å². The van der Waals surface area contributed by atoms with Crippen molar-refractivity contribution in [1.29, 1.82) is 0 Å². The van der Waals surface area contributed by atoms with Gasteiger partial charge < -0.3 is 14.7 Å². The molecule has 0 aromatic heterocycles. The first-order valence-corrected chi connectivity index (χ1v) is 11.4. The molecule has 0 spiro atoms. The van der Waals surface area contributed by atoms with Crippen LogP contribution in [0, 0.1) is 13.7 Å². The minimum atomic E-state index is -0.286. The van der Waals surface area contributed by atoms with Gasteiger partial charge in [-0.3, -0.25) is 14.9 Å². The van der Waals surface area contributed by atoms with E-state index in [1.165, 1.54) is 6.42 Å². The third-order valence-corrected chi connectivity index (χ3v) is 6.83.